The van der Waals surface area contributed by atoms with Crippen LogP contribution in [0.5, 0.6) is 0 Å². The largest absolute Gasteiger partial charge is 1.00 e. The zero-order chi connectivity index (χ0) is 3.54. The molecular formula is C4H6K2S. The molecule has 0 aromatic carbocycles. The molecule has 1 aromatic heterocycles. The van der Waals surface area contributed by atoms with E-state index in [2.05, 4.69) is 0 Å². The molecule has 30 valence electrons. The Morgan fingerprint density at radius 1 is 1.00 bits per heavy atom. The van der Waals surface area contributed by atoms with Crippen molar-refractivity contribution in [3.63, 3.8) is 0 Å². The SMILES string of the molecule is [H-].[H-].[K+].[K+].c1ccsc1. The monoisotopic (exact) mass is 164 g/mol. The smallest absolute Gasteiger partial charge is 1.00 e. The maximum absolute atomic E-state index is 2.04. The van der Waals surface area contributed by atoms with Crippen LogP contribution in [0.1, 0.15) is 2.85 Å². The van der Waals surface area contributed by atoms with E-state index in [1.807, 2.05) is 22.9 Å². The third-order valence-corrected chi connectivity index (χ3v) is 1.05. The first-order valence-corrected chi connectivity index (χ1v) is 2.41. The van der Waals surface area contributed by atoms with Gasteiger partial charge in [-0.05, 0) is 10.8 Å². The molecule has 0 N–H and O–H groups in total. The van der Waals surface area contributed by atoms with Gasteiger partial charge < -0.3 is 2.85 Å². The second-order valence-corrected chi connectivity index (χ2v) is 1.61. The molecule has 0 aliphatic carbocycles. The average molecular weight is 164 g/mol. The Morgan fingerprint density at radius 2 is 1.43 bits per heavy atom. The van der Waals surface area contributed by atoms with E-state index in [4.69, 9.17) is 0 Å². The van der Waals surface area contributed by atoms with Gasteiger partial charge in [0.1, 0.15) is 0 Å². The Morgan fingerprint density at radius 3 is 1.57 bits per heavy atom. The van der Waals surface area contributed by atoms with Crippen molar-refractivity contribution in [2.45, 2.75) is 0 Å². The van der Waals surface area contributed by atoms with Crippen molar-refractivity contribution < 1.29 is 106 Å². The second-order valence-electron chi connectivity index (χ2n) is 0.793. The molecule has 0 bridgehead atoms. The normalized spacial score (nSPS) is 5.71. The number of thiophene rings is 1. The van der Waals surface area contributed by atoms with Gasteiger partial charge in [-0.25, -0.2) is 0 Å². The fraction of sp³-hybridized carbons (Fsp3) is 0. The minimum absolute atomic E-state index is 0. The van der Waals surface area contributed by atoms with Gasteiger partial charge in [0.15, 0.2) is 0 Å². The Kier molecular flexibility index (Phi) is 16.2. The minimum atomic E-state index is 0. The molecule has 0 amide bonds. The molecular weight excluding hydrogens is 158 g/mol. The van der Waals surface area contributed by atoms with Gasteiger partial charge in [-0.1, -0.05) is 12.1 Å². The van der Waals surface area contributed by atoms with Crippen LogP contribution in [0, 0.1) is 0 Å². The molecule has 0 aliphatic heterocycles. The van der Waals surface area contributed by atoms with Crippen molar-refractivity contribution >= 4 is 11.3 Å². The predicted octanol–water partition coefficient (Wildman–Crippen LogP) is -4.02. The predicted molar refractivity (Wildman–Crippen MR) is 26.5 cm³/mol. The second kappa shape index (κ2) is 8.97. The Bertz CT molecular complexity index is 73.0. The first kappa shape index (κ1) is 12.6. The van der Waals surface area contributed by atoms with Gasteiger partial charge in [-0.2, -0.15) is 11.3 Å². The molecule has 7 heavy (non-hydrogen) atoms. The fourth-order valence-corrected chi connectivity index (χ4v) is 0.680. The van der Waals surface area contributed by atoms with Gasteiger partial charge in [0.2, 0.25) is 0 Å². The molecule has 0 atom stereocenters. The zero-order valence-corrected chi connectivity index (χ0v) is 11.8. The number of hydrogen-bond acceptors (Lipinski definition) is 1. The van der Waals surface area contributed by atoms with Crippen LogP contribution in [0.15, 0.2) is 22.9 Å². The summed E-state index contributed by atoms with van der Waals surface area (Å²) in [4.78, 5) is 0. The van der Waals surface area contributed by atoms with E-state index in [9.17, 15) is 0 Å². The van der Waals surface area contributed by atoms with Crippen LogP contribution in [0.25, 0.3) is 0 Å². The van der Waals surface area contributed by atoms with Crippen LogP contribution in [0.2, 0.25) is 0 Å². The summed E-state index contributed by atoms with van der Waals surface area (Å²) in [6.45, 7) is 0. The molecule has 3 heteroatoms. The maximum Gasteiger partial charge on any atom is 1.00 e. The average Bonchev–Trinajstić information content (AvgIpc) is 1.76. The third-order valence-electron chi connectivity index (χ3n) is 0.425. The molecule has 0 spiro atoms. The molecule has 0 radical (unpaired) electrons. The van der Waals surface area contributed by atoms with E-state index in [0.29, 0.717) is 0 Å². The van der Waals surface area contributed by atoms with Crippen LogP contribution >= 0.6 is 11.3 Å². The standard InChI is InChI=1S/C4H4S.2K.2H/c1-2-4-5-3-1;;;;/h1-4H;;;;/q;2*+1;2*-1. The summed E-state index contributed by atoms with van der Waals surface area (Å²) in [6, 6.07) is 4.04. The summed E-state index contributed by atoms with van der Waals surface area (Å²) in [7, 11) is 0. The van der Waals surface area contributed by atoms with Crippen LogP contribution in [-0.4, -0.2) is 0 Å². The Balaban J connectivity index is -0.0000000312. The van der Waals surface area contributed by atoms with E-state index in [0.717, 1.165) is 0 Å². The quantitative estimate of drug-likeness (QED) is 0.343. The van der Waals surface area contributed by atoms with E-state index < -0.39 is 0 Å². The summed E-state index contributed by atoms with van der Waals surface area (Å²) in [5.41, 5.74) is 0. The van der Waals surface area contributed by atoms with Crippen LogP contribution in [-0.2, 0) is 0 Å². The summed E-state index contributed by atoms with van der Waals surface area (Å²) < 4.78 is 0. The third kappa shape index (κ3) is 6.86. The summed E-state index contributed by atoms with van der Waals surface area (Å²) in [5, 5.41) is 4.08. The Hall–Kier alpha value is 2.97. The molecule has 0 saturated carbocycles. The molecule has 0 unspecified atom stereocenters. The van der Waals surface area contributed by atoms with Gasteiger partial charge in [-0.15, -0.1) is 0 Å². The minimum Gasteiger partial charge on any atom is -1.00 e. The van der Waals surface area contributed by atoms with Gasteiger partial charge in [0.05, 0.1) is 0 Å². The zero-order valence-electron chi connectivity index (χ0n) is 6.72. The van der Waals surface area contributed by atoms with Gasteiger partial charge in [-0.3, -0.25) is 0 Å². The van der Waals surface area contributed by atoms with Crippen LogP contribution in [0.3, 0.4) is 0 Å². The van der Waals surface area contributed by atoms with E-state index in [1.165, 1.54) is 0 Å². The maximum atomic E-state index is 2.04. The van der Waals surface area contributed by atoms with Gasteiger partial charge >= 0.3 is 103 Å². The first-order chi connectivity index (χ1) is 2.50. The number of rotatable bonds is 0. The van der Waals surface area contributed by atoms with Crippen LogP contribution < -0.4 is 103 Å². The molecule has 1 heterocycles. The number of hydrogen-bond donors (Lipinski definition) is 0. The van der Waals surface area contributed by atoms with Crippen molar-refractivity contribution in [2.75, 3.05) is 0 Å². The Labute approximate surface area is 136 Å². The molecule has 1 rings (SSSR count). The molecule has 0 saturated heterocycles. The molecule has 1 aromatic rings. The van der Waals surface area contributed by atoms with Crippen molar-refractivity contribution in [3.8, 4) is 0 Å². The van der Waals surface area contributed by atoms with Crippen molar-refractivity contribution in [1.29, 1.82) is 0 Å². The fourth-order valence-electron chi connectivity index (χ4n) is 0.227. The molecule has 0 fully saturated rings. The summed E-state index contributed by atoms with van der Waals surface area (Å²) >= 11 is 1.71. The molecule has 0 aliphatic rings. The van der Waals surface area contributed by atoms with E-state index in [-0.39, 0.29) is 106 Å². The van der Waals surface area contributed by atoms with Gasteiger partial charge in [0, 0.05) is 0 Å². The van der Waals surface area contributed by atoms with Gasteiger partial charge in [0.25, 0.3) is 0 Å². The molecule has 0 nitrogen and oxygen atoms in total. The van der Waals surface area contributed by atoms with E-state index in [1.54, 1.807) is 11.3 Å². The van der Waals surface area contributed by atoms with Crippen molar-refractivity contribution in [3.05, 3.63) is 22.9 Å². The summed E-state index contributed by atoms with van der Waals surface area (Å²) in [6.07, 6.45) is 0. The van der Waals surface area contributed by atoms with Crippen LogP contribution in [0.4, 0.5) is 0 Å². The van der Waals surface area contributed by atoms with Crippen molar-refractivity contribution in [1.82, 2.24) is 0 Å². The topological polar surface area (TPSA) is 0 Å². The van der Waals surface area contributed by atoms with E-state index >= 15 is 0 Å². The van der Waals surface area contributed by atoms with Crippen molar-refractivity contribution in [2.24, 2.45) is 0 Å². The summed E-state index contributed by atoms with van der Waals surface area (Å²) in [5.74, 6) is 0. The first-order valence-electron chi connectivity index (χ1n) is 1.47.